The Morgan fingerprint density at radius 3 is 2.72 bits per heavy atom. The average Bonchev–Trinajstić information content (AvgIpc) is 2.88. The number of aryl methyl sites for hydroxylation is 3. The van der Waals surface area contributed by atoms with Gasteiger partial charge in [0.15, 0.2) is 0 Å². The van der Waals surface area contributed by atoms with Crippen LogP contribution < -0.4 is 4.74 Å². The third kappa shape index (κ3) is 4.00. The molecule has 0 aliphatic carbocycles. The van der Waals surface area contributed by atoms with E-state index in [1.54, 1.807) is 7.11 Å². The molecule has 3 heterocycles. The minimum atomic E-state index is 0.612. The summed E-state index contributed by atoms with van der Waals surface area (Å²) in [4.78, 5) is 11.6. The second-order valence-corrected chi connectivity index (χ2v) is 7.18. The minimum Gasteiger partial charge on any atom is -0.496 e. The van der Waals surface area contributed by atoms with Gasteiger partial charge in [-0.1, -0.05) is 0 Å². The first-order chi connectivity index (χ1) is 12.0. The van der Waals surface area contributed by atoms with Crippen molar-refractivity contribution in [3.63, 3.8) is 0 Å². The second-order valence-electron chi connectivity index (χ2n) is 7.18. The highest BCUT2D eigenvalue weighted by Crippen LogP contribution is 2.26. The molecule has 0 N–H and O–H groups in total. The van der Waals surface area contributed by atoms with E-state index >= 15 is 0 Å². The van der Waals surface area contributed by atoms with Crippen molar-refractivity contribution in [1.29, 1.82) is 0 Å². The Labute approximate surface area is 150 Å². The summed E-state index contributed by atoms with van der Waals surface area (Å²) in [6, 6.07) is 0. The van der Waals surface area contributed by atoms with Gasteiger partial charge in [-0.3, -0.25) is 9.88 Å². The van der Waals surface area contributed by atoms with Gasteiger partial charge in [-0.25, -0.2) is 9.67 Å². The van der Waals surface area contributed by atoms with Gasteiger partial charge >= 0.3 is 0 Å². The fraction of sp³-hybridized carbons (Fsp3) is 0.632. The Kier molecular flexibility index (Phi) is 5.37. The zero-order valence-electron chi connectivity index (χ0n) is 16.0. The lowest BCUT2D eigenvalue weighted by atomic mass is 9.97. The summed E-state index contributed by atoms with van der Waals surface area (Å²) < 4.78 is 7.60. The van der Waals surface area contributed by atoms with Gasteiger partial charge < -0.3 is 4.74 Å². The molecule has 6 heteroatoms. The molecule has 136 valence electrons. The largest absolute Gasteiger partial charge is 0.496 e. The molecule has 1 saturated heterocycles. The number of methoxy groups -OCH3 is 1. The van der Waals surface area contributed by atoms with Gasteiger partial charge in [-0.15, -0.1) is 0 Å². The smallest absolute Gasteiger partial charge is 0.147 e. The van der Waals surface area contributed by atoms with Crippen LogP contribution in [0.3, 0.4) is 0 Å². The van der Waals surface area contributed by atoms with Crippen molar-refractivity contribution >= 4 is 0 Å². The Morgan fingerprint density at radius 2 is 2.04 bits per heavy atom. The first kappa shape index (κ1) is 17.9. The number of nitrogens with zero attached hydrogens (tertiary/aromatic N) is 5. The van der Waals surface area contributed by atoms with Crippen molar-refractivity contribution in [2.45, 2.75) is 53.6 Å². The third-order valence-electron chi connectivity index (χ3n) is 5.12. The number of likely N-dealkylation sites (tertiary alicyclic amines) is 1. The highest BCUT2D eigenvalue weighted by molar-refractivity contribution is 5.41. The zero-order valence-corrected chi connectivity index (χ0v) is 16.0. The van der Waals surface area contributed by atoms with Crippen LogP contribution >= 0.6 is 0 Å². The van der Waals surface area contributed by atoms with E-state index in [1.807, 2.05) is 27.0 Å². The molecule has 1 atom stereocenters. The van der Waals surface area contributed by atoms with Crippen molar-refractivity contribution in [3.05, 3.63) is 34.7 Å². The van der Waals surface area contributed by atoms with E-state index in [0.29, 0.717) is 5.92 Å². The van der Waals surface area contributed by atoms with Crippen molar-refractivity contribution in [2.75, 3.05) is 20.2 Å². The molecular weight excluding hydrogens is 314 g/mol. The van der Waals surface area contributed by atoms with E-state index in [1.165, 1.54) is 12.8 Å². The van der Waals surface area contributed by atoms with Gasteiger partial charge in [0.1, 0.15) is 17.4 Å². The molecule has 0 spiro atoms. The molecule has 25 heavy (non-hydrogen) atoms. The van der Waals surface area contributed by atoms with Crippen molar-refractivity contribution in [3.8, 4) is 5.75 Å². The number of pyridine rings is 1. The molecule has 0 radical (unpaired) electrons. The Balaban J connectivity index is 1.67. The quantitative estimate of drug-likeness (QED) is 0.835. The van der Waals surface area contributed by atoms with E-state index in [9.17, 15) is 0 Å². The Morgan fingerprint density at radius 1 is 1.24 bits per heavy atom. The summed E-state index contributed by atoms with van der Waals surface area (Å²) in [6.07, 6.45) is 4.39. The van der Waals surface area contributed by atoms with E-state index < -0.39 is 0 Å². The molecule has 0 saturated carbocycles. The predicted octanol–water partition coefficient (Wildman–Crippen LogP) is 2.83. The van der Waals surface area contributed by atoms with Gasteiger partial charge in [0.05, 0.1) is 12.8 Å². The highest BCUT2D eigenvalue weighted by atomic mass is 16.5. The molecule has 1 aliphatic heterocycles. The fourth-order valence-corrected chi connectivity index (χ4v) is 3.87. The second kappa shape index (κ2) is 7.52. The molecule has 6 nitrogen and oxygen atoms in total. The summed E-state index contributed by atoms with van der Waals surface area (Å²) in [5.41, 5.74) is 3.38. The maximum atomic E-state index is 5.54. The molecule has 1 fully saturated rings. The number of piperidine rings is 1. The lowest BCUT2D eigenvalue weighted by Crippen LogP contribution is -2.37. The Hall–Kier alpha value is -1.95. The van der Waals surface area contributed by atoms with Gasteiger partial charge in [0.25, 0.3) is 0 Å². The van der Waals surface area contributed by atoms with Gasteiger partial charge in [0, 0.05) is 37.0 Å². The van der Waals surface area contributed by atoms with Gasteiger partial charge in [-0.05, 0) is 53.0 Å². The maximum absolute atomic E-state index is 5.54. The molecule has 2 aromatic rings. The number of hydrogen-bond donors (Lipinski definition) is 0. The first-order valence-electron chi connectivity index (χ1n) is 9.07. The highest BCUT2D eigenvalue weighted by Gasteiger charge is 2.23. The summed E-state index contributed by atoms with van der Waals surface area (Å²) >= 11 is 0. The molecule has 0 unspecified atom stereocenters. The lowest BCUT2D eigenvalue weighted by molar-refractivity contribution is 0.150. The number of hydrogen-bond acceptors (Lipinski definition) is 5. The molecule has 2 aromatic heterocycles. The minimum absolute atomic E-state index is 0.612. The average molecular weight is 343 g/mol. The van der Waals surface area contributed by atoms with Gasteiger partial charge in [0.2, 0.25) is 0 Å². The normalized spacial score (nSPS) is 18.5. The van der Waals surface area contributed by atoms with Crippen LogP contribution in [0.25, 0.3) is 0 Å². The van der Waals surface area contributed by atoms with Crippen molar-refractivity contribution < 1.29 is 4.74 Å². The Bertz CT molecular complexity index is 740. The summed E-state index contributed by atoms with van der Waals surface area (Å²) in [6.45, 7) is 12.2. The molecule has 0 aromatic carbocycles. The zero-order chi connectivity index (χ0) is 18.0. The molecule has 0 bridgehead atoms. The first-order valence-corrected chi connectivity index (χ1v) is 9.07. The van der Waals surface area contributed by atoms with Crippen LogP contribution in [0, 0.1) is 33.6 Å². The molecular formula is C19H29N5O. The fourth-order valence-electron chi connectivity index (χ4n) is 3.87. The lowest BCUT2D eigenvalue weighted by Gasteiger charge is -2.33. The van der Waals surface area contributed by atoms with E-state index in [0.717, 1.165) is 60.4 Å². The van der Waals surface area contributed by atoms with Crippen LogP contribution in [0.15, 0.2) is 6.20 Å². The molecule has 0 amide bonds. The SMILES string of the molecule is COc1c(C)cnc(CN2CCC[C@H](Cn3nc(C)nc3C)C2)c1C. The maximum Gasteiger partial charge on any atom is 0.147 e. The van der Waals surface area contributed by atoms with Gasteiger partial charge in [-0.2, -0.15) is 5.10 Å². The van der Waals surface area contributed by atoms with E-state index in [-0.39, 0.29) is 0 Å². The number of aromatic nitrogens is 4. The summed E-state index contributed by atoms with van der Waals surface area (Å²) in [5, 5.41) is 4.52. The van der Waals surface area contributed by atoms with E-state index in [2.05, 4.69) is 31.6 Å². The van der Waals surface area contributed by atoms with E-state index in [4.69, 9.17) is 4.74 Å². The standard InChI is InChI=1S/C19H29N5O/c1-13-9-20-18(14(2)19(13)25-5)12-23-8-6-7-17(10-23)11-24-16(4)21-15(3)22-24/h9,17H,6-8,10-12H2,1-5H3/t17-/m0/s1. The van der Waals surface area contributed by atoms with Crippen LogP contribution in [0.4, 0.5) is 0 Å². The van der Waals surface area contributed by atoms with Crippen LogP contribution in [-0.4, -0.2) is 44.8 Å². The topological polar surface area (TPSA) is 56.1 Å². The predicted molar refractivity (Wildman–Crippen MR) is 97.8 cm³/mol. The molecule has 3 rings (SSSR count). The number of rotatable bonds is 5. The van der Waals surface area contributed by atoms with Crippen molar-refractivity contribution in [2.24, 2.45) is 5.92 Å². The van der Waals surface area contributed by atoms with Crippen LogP contribution in [-0.2, 0) is 13.1 Å². The van der Waals surface area contributed by atoms with Crippen LogP contribution in [0.5, 0.6) is 5.75 Å². The number of ether oxygens (including phenoxy) is 1. The van der Waals surface area contributed by atoms with Crippen LogP contribution in [0.2, 0.25) is 0 Å². The van der Waals surface area contributed by atoms with Crippen LogP contribution in [0.1, 0.15) is 41.3 Å². The third-order valence-corrected chi connectivity index (χ3v) is 5.12. The van der Waals surface area contributed by atoms with Crippen molar-refractivity contribution in [1.82, 2.24) is 24.6 Å². The summed E-state index contributed by atoms with van der Waals surface area (Å²) in [5.74, 6) is 3.45. The monoisotopic (exact) mass is 343 g/mol. The summed E-state index contributed by atoms with van der Waals surface area (Å²) in [7, 11) is 1.73. The molecule has 1 aliphatic rings.